The van der Waals surface area contributed by atoms with Gasteiger partial charge >= 0.3 is 0 Å². The first kappa shape index (κ1) is 11.9. The van der Waals surface area contributed by atoms with Crippen molar-refractivity contribution in [2.75, 3.05) is 0 Å². The number of aromatic nitrogens is 2. The van der Waals surface area contributed by atoms with Crippen LogP contribution >= 0.6 is 0 Å². The van der Waals surface area contributed by atoms with Crippen molar-refractivity contribution in [2.24, 2.45) is 11.7 Å². The highest BCUT2D eigenvalue weighted by molar-refractivity contribution is 5.56. The van der Waals surface area contributed by atoms with Gasteiger partial charge in [0.25, 0.3) is 0 Å². The molecule has 0 saturated carbocycles. The summed E-state index contributed by atoms with van der Waals surface area (Å²) in [5.41, 5.74) is 6.83. The number of furan rings is 1. The van der Waals surface area contributed by atoms with Gasteiger partial charge in [0, 0.05) is 0 Å². The highest BCUT2D eigenvalue weighted by Gasteiger charge is 2.18. The van der Waals surface area contributed by atoms with Crippen molar-refractivity contribution in [1.29, 1.82) is 0 Å². The van der Waals surface area contributed by atoms with Crippen LogP contribution in [0.15, 0.2) is 21.3 Å². The van der Waals surface area contributed by atoms with Crippen molar-refractivity contribution >= 4 is 0 Å². The van der Waals surface area contributed by atoms with Crippen LogP contribution in [0.3, 0.4) is 0 Å². The number of nitrogens with zero attached hydrogens (tertiary/aromatic N) is 2. The van der Waals surface area contributed by atoms with E-state index in [1.165, 1.54) is 0 Å². The lowest BCUT2D eigenvalue weighted by Crippen LogP contribution is -2.13. The van der Waals surface area contributed by atoms with E-state index in [1.54, 1.807) is 6.26 Å². The van der Waals surface area contributed by atoms with Crippen molar-refractivity contribution in [3.05, 3.63) is 24.0 Å². The van der Waals surface area contributed by atoms with E-state index in [0.717, 1.165) is 17.7 Å². The Morgan fingerprint density at radius 2 is 2.18 bits per heavy atom. The van der Waals surface area contributed by atoms with Gasteiger partial charge in [-0.15, -0.1) is 0 Å². The third-order valence-electron chi connectivity index (χ3n) is 2.58. The zero-order chi connectivity index (χ0) is 12.4. The molecule has 2 N–H and O–H groups in total. The minimum absolute atomic E-state index is 0.205. The number of hydrogen-bond donors (Lipinski definition) is 1. The molecule has 0 aliphatic carbocycles. The summed E-state index contributed by atoms with van der Waals surface area (Å²) in [6, 6.07) is 1.61. The highest BCUT2D eigenvalue weighted by atomic mass is 16.5. The minimum atomic E-state index is -0.205. The van der Waals surface area contributed by atoms with Crippen molar-refractivity contribution in [3.63, 3.8) is 0 Å². The monoisotopic (exact) mass is 235 g/mol. The summed E-state index contributed by atoms with van der Waals surface area (Å²) in [4.78, 5) is 4.30. The lowest BCUT2D eigenvalue weighted by molar-refractivity contribution is 0.335. The third kappa shape index (κ3) is 2.55. The Hall–Kier alpha value is -1.62. The summed E-state index contributed by atoms with van der Waals surface area (Å²) in [7, 11) is 0. The zero-order valence-electron chi connectivity index (χ0n) is 10.3. The maximum Gasteiger partial charge on any atom is 0.243 e. The Kier molecular flexibility index (Phi) is 3.28. The Bertz CT molecular complexity index is 487. The smallest absolute Gasteiger partial charge is 0.243 e. The van der Waals surface area contributed by atoms with Gasteiger partial charge in [0.15, 0.2) is 0 Å². The lowest BCUT2D eigenvalue weighted by Gasteiger charge is -2.08. The maximum atomic E-state index is 5.98. The molecule has 0 saturated heterocycles. The molecule has 5 heteroatoms. The summed E-state index contributed by atoms with van der Waals surface area (Å²) in [6.07, 6.45) is 2.43. The van der Waals surface area contributed by atoms with E-state index < -0.39 is 0 Å². The topological polar surface area (TPSA) is 78.1 Å². The summed E-state index contributed by atoms with van der Waals surface area (Å²) >= 11 is 0. The summed E-state index contributed by atoms with van der Waals surface area (Å²) in [5, 5.41) is 3.92. The first-order chi connectivity index (χ1) is 8.08. The van der Waals surface area contributed by atoms with Gasteiger partial charge < -0.3 is 14.7 Å². The molecule has 0 bridgehead atoms. The van der Waals surface area contributed by atoms with E-state index in [1.807, 2.05) is 13.0 Å². The van der Waals surface area contributed by atoms with E-state index in [9.17, 15) is 0 Å². The molecule has 0 fully saturated rings. The van der Waals surface area contributed by atoms with Crippen molar-refractivity contribution in [3.8, 4) is 11.4 Å². The molecule has 0 aliphatic rings. The molecule has 5 nitrogen and oxygen atoms in total. The molecular formula is C12H17N3O2. The number of hydrogen-bond acceptors (Lipinski definition) is 5. The SMILES string of the molecule is Cc1occc1-c1noc(C(N)CC(C)C)n1. The summed E-state index contributed by atoms with van der Waals surface area (Å²) < 4.78 is 10.4. The minimum Gasteiger partial charge on any atom is -0.469 e. The van der Waals surface area contributed by atoms with Crippen LogP contribution in [-0.2, 0) is 0 Å². The van der Waals surface area contributed by atoms with Gasteiger partial charge in [0.05, 0.1) is 17.9 Å². The molecule has 17 heavy (non-hydrogen) atoms. The molecule has 0 aliphatic heterocycles. The third-order valence-corrected chi connectivity index (χ3v) is 2.58. The molecule has 0 aromatic carbocycles. The van der Waals surface area contributed by atoms with E-state index >= 15 is 0 Å². The average molecular weight is 235 g/mol. The van der Waals surface area contributed by atoms with Crippen LogP contribution in [0, 0.1) is 12.8 Å². The van der Waals surface area contributed by atoms with Gasteiger partial charge in [-0.25, -0.2) is 0 Å². The molecule has 2 rings (SSSR count). The largest absolute Gasteiger partial charge is 0.469 e. The first-order valence-electron chi connectivity index (χ1n) is 5.71. The molecular weight excluding hydrogens is 218 g/mol. The molecule has 2 aromatic rings. The van der Waals surface area contributed by atoms with Gasteiger partial charge in [-0.3, -0.25) is 0 Å². The maximum absolute atomic E-state index is 5.98. The second-order valence-corrected chi connectivity index (χ2v) is 4.58. The Morgan fingerprint density at radius 3 is 2.76 bits per heavy atom. The molecule has 2 aromatic heterocycles. The highest BCUT2D eigenvalue weighted by Crippen LogP contribution is 2.24. The van der Waals surface area contributed by atoms with Gasteiger partial charge in [-0.05, 0) is 25.3 Å². The van der Waals surface area contributed by atoms with E-state index in [-0.39, 0.29) is 6.04 Å². The van der Waals surface area contributed by atoms with Crippen LogP contribution in [0.2, 0.25) is 0 Å². The van der Waals surface area contributed by atoms with Crippen LogP contribution in [0.25, 0.3) is 11.4 Å². The fourth-order valence-corrected chi connectivity index (χ4v) is 1.72. The quantitative estimate of drug-likeness (QED) is 0.881. The van der Waals surface area contributed by atoms with Gasteiger partial charge in [-0.1, -0.05) is 19.0 Å². The Labute approximate surface area is 100.0 Å². The number of rotatable bonds is 4. The molecule has 2 heterocycles. The van der Waals surface area contributed by atoms with E-state index in [0.29, 0.717) is 17.6 Å². The molecule has 0 radical (unpaired) electrons. The average Bonchev–Trinajstić information content (AvgIpc) is 2.84. The molecule has 1 atom stereocenters. The molecule has 0 amide bonds. The fraction of sp³-hybridized carbons (Fsp3) is 0.500. The van der Waals surface area contributed by atoms with Gasteiger partial charge in [-0.2, -0.15) is 4.98 Å². The summed E-state index contributed by atoms with van der Waals surface area (Å²) in [5.74, 6) is 2.28. The van der Waals surface area contributed by atoms with Crippen LogP contribution < -0.4 is 5.73 Å². The summed E-state index contributed by atoms with van der Waals surface area (Å²) in [6.45, 7) is 6.08. The van der Waals surface area contributed by atoms with Crippen LogP contribution in [-0.4, -0.2) is 10.1 Å². The van der Waals surface area contributed by atoms with Crippen molar-refractivity contribution in [2.45, 2.75) is 33.2 Å². The number of aryl methyl sites for hydroxylation is 1. The van der Waals surface area contributed by atoms with Crippen molar-refractivity contribution < 1.29 is 8.94 Å². The predicted molar refractivity (Wildman–Crippen MR) is 63.1 cm³/mol. The molecule has 0 spiro atoms. The van der Waals surface area contributed by atoms with Crippen LogP contribution in [0.1, 0.15) is 38.0 Å². The van der Waals surface area contributed by atoms with Gasteiger partial charge in [0.1, 0.15) is 5.76 Å². The normalized spacial score (nSPS) is 13.2. The Balaban J connectivity index is 2.19. The van der Waals surface area contributed by atoms with E-state index in [2.05, 4.69) is 24.0 Å². The molecule has 1 unspecified atom stereocenters. The second kappa shape index (κ2) is 4.71. The fourth-order valence-electron chi connectivity index (χ4n) is 1.72. The van der Waals surface area contributed by atoms with E-state index in [4.69, 9.17) is 14.7 Å². The van der Waals surface area contributed by atoms with Crippen LogP contribution in [0.5, 0.6) is 0 Å². The van der Waals surface area contributed by atoms with Crippen LogP contribution in [0.4, 0.5) is 0 Å². The lowest BCUT2D eigenvalue weighted by atomic mass is 10.0. The zero-order valence-corrected chi connectivity index (χ0v) is 10.3. The second-order valence-electron chi connectivity index (χ2n) is 4.58. The van der Waals surface area contributed by atoms with Crippen molar-refractivity contribution in [1.82, 2.24) is 10.1 Å². The first-order valence-corrected chi connectivity index (χ1v) is 5.71. The van der Waals surface area contributed by atoms with Gasteiger partial charge in [0.2, 0.25) is 11.7 Å². The predicted octanol–water partition coefficient (Wildman–Crippen LogP) is 2.68. The Morgan fingerprint density at radius 1 is 1.41 bits per heavy atom. The number of nitrogens with two attached hydrogens (primary N) is 1. The molecule has 92 valence electrons. The standard InChI is InChI=1S/C12H17N3O2/c1-7(2)6-10(13)12-14-11(15-17-12)9-4-5-16-8(9)3/h4-5,7,10H,6,13H2,1-3H3.